The van der Waals surface area contributed by atoms with Crippen LogP contribution in [0, 0.1) is 0 Å². The topological polar surface area (TPSA) is 42.5 Å². The van der Waals surface area contributed by atoms with Gasteiger partial charge in [0.2, 0.25) is 5.78 Å². The molecule has 2 aromatic heterocycles. The molecule has 5 nitrogen and oxygen atoms in total. The Morgan fingerprint density at radius 1 is 0.422 bits per heavy atom. The van der Waals surface area contributed by atoms with Gasteiger partial charge in [-0.15, -0.1) is 0 Å². The molecule has 0 saturated heterocycles. The van der Waals surface area contributed by atoms with Crippen molar-refractivity contribution in [3.63, 3.8) is 0 Å². The summed E-state index contributed by atoms with van der Waals surface area (Å²) in [5, 5.41) is 8.10. The molecule has 0 spiro atoms. The molecule has 0 unspecified atom stereocenters. The third-order valence-electron chi connectivity index (χ3n) is 13.7. The van der Waals surface area contributed by atoms with Crippen molar-refractivity contribution in [2.45, 2.75) is 19.3 Å². The van der Waals surface area contributed by atoms with Crippen LogP contribution >= 0.6 is 0 Å². The molecule has 12 aromatic rings. The van der Waals surface area contributed by atoms with Crippen molar-refractivity contribution in [1.82, 2.24) is 14.0 Å². The summed E-state index contributed by atoms with van der Waals surface area (Å²) in [4.78, 5) is 20.5. The van der Waals surface area contributed by atoms with Gasteiger partial charge in [0.15, 0.2) is 0 Å². The molecule has 0 N–H and O–H groups in total. The van der Waals surface area contributed by atoms with Crippen molar-refractivity contribution < 1.29 is 0 Å². The molecular weight excluding hydrogens is 781 g/mol. The number of nitrogens with zero attached hydrogens (tertiary/aromatic N) is 4. The summed E-state index contributed by atoms with van der Waals surface area (Å²) in [7, 11) is 0. The predicted octanol–water partition coefficient (Wildman–Crippen LogP) is 14.7. The number of anilines is 3. The summed E-state index contributed by atoms with van der Waals surface area (Å²) >= 11 is 0. The third kappa shape index (κ3) is 5.25. The second-order valence-electron chi connectivity index (χ2n) is 17.5. The third-order valence-corrected chi connectivity index (χ3v) is 13.7. The molecule has 5 heteroatoms. The van der Waals surface area contributed by atoms with Crippen LogP contribution < -0.4 is 10.5 Å². The fourth-order valence-corrected chi connectivity index (χ4v) is 10.7. The van der Waals surface area contributed by atoms with Gasteiger partial charge in [0, 0.05) is 28.2 Å². The van der Waals surface area contributed by atoms with E-state index >= 15 is 0 Å². The molecule has 0 radical (unpaired) electrons. The number of benzene rings is 10. The Morgan fingerprint density at radius 2 is 0.984 bits per heavy atom. The first-order valence-electron chi connectivity index (χ1n) is 21.9. The molecule has 1 aliphatic rings. The van der Waals surface area contributed by atoms with Crippen LogP contribution in [0.5, 0.6) is 0 Å². The summed E-state index contributed by atoms with van der Waals surface area (Å²) in [6.07, 6.45) is 0. The average molecular weight is 821 g/mol. The van der Waals surface area contributed by atoms with Crippen LogP contribution in [0.1, 0.15) is 25.0 Å². The van der Waals surface area contributed by atoms with Crippen molar-refractivity contribution in [2.24, 2.45) is 0 Å². The molecule has 13 rings (SSSR count). The number of aromatic nitrogens is 3. The van der Waals surface area contributed by atoms with Crippen LogP contribution in [0.4, 0.5) is 17.1 Å². The van der Waals surface area contributed by atoms with Gasteiger partial charge in [-0.25, -0.2) is 0 Å². The lowest BCUT2D eigenvalue weighted by molar-refractivity contribution is 0.660. The number of hydrogen-bond acceptors (Lipinski definition) is 3. The van der Waals surface area contributed by atoms with Gasteiger partial charge in [-0.2, -0.15) is 4.98 Å². The first-order valence-corrected chi connectivity index (χ1v) is 21.9. The number of imidazole rings is 1. The number of fused-ring (bicyclic) bond motifs is 14. The normalized spacial score (nSPS) is 13.0. The maximum Gasteiger partial charge on any atom is 0.282 e. The highest BCUT2D eigenvalue weighted by molar-refractivity contribution is 6.25. The second-order valence-corrected chi connectivity index (χ2v) is 17.5. The zero-order valence-corrected chi connectivity index (χ0v) is 35.3. The molecule has 10 aromatic carbocycles. The zero-order valence-electron chi connectivity index (χ0n) is 35.3. The quantitative estimate of drug-likeness (QED) is 0.162. The first-order chi connectivity index (χ1) is 31.4. The molecule has 64 heavy (non-hydrogen) atoms. The van der Waals surface area contributed by atoms with E-state index in [4.69, 9.17) is 0 Å². The van der Waals surface area contributed by atoms with Gasteiger partial charge in [-0.3, -0.25) is 13.8 Å². The summed E-state index contributed by atoms with van der Waals surface area (Å²) in [6, 6.07) is 73.8. The van der Waals surface area contributed by atoms with Gasteiger partial charge >= 0.3 is 0 Å². The van der Waals surface area contributed by atoms with E-state index in [-0.39, 0.29) is 11.0 Å². The molecule has 0 atom stereocenters. The molecule has 0 aliphatic heterocycles. The van der Waals surface area contributed by atoms with Gasteiger partial charge in [0.1, 0.15) is 0 Å². The molecule has 0 fully saturated rings. The van der Waals surface area contributed by atoms with Crippen LogP contribution in [-0.4, -0.2) is 14.0 Å². The summed E-state index contributed by atoms with van der Waals surface area (Å²) in [5.41, 5.74) is 14.1. The van der Waals surface area contributed by atoms with Crippen LogP contribution in [-0.2, 0) is 5.41 Å². The van der Waals surface area contributed by atoms with Crippen LogP contribution in [0.25, 0.3) is 88.0 Å². The number of para-hydroxylation sites is 2. The van der Waals surface area contributed by atoms with Crippen molar-refractivity contribution in [3.05, 3.63) is 228 Å². The average Bonchev–Trinajstić information content (AvgIpc) is 3.79. The monoisotopic (exact) mass is 820 g/mol. The van der Waals surface area contributed by atoms with Crippen molar-refractivity contribution >= 4 is 77.1 Å². The largest absolute Gasteiger partial charge is 0.310 e. The minimum atomic E-state index is -0.236. The Hall–Kier alpha value is -8.28. The Morgan fingerprint density at radius 3 is 1.73 bits per heavy atom. The van der Waals surface area contributed by atoms with Crippen molar-refractivity contribution in [2.75, 3.05) is 4.90 Å². The highest BCUT2D eigenvalue weighted by Gasteiger charge is 2.36. The van der Waals surface area contributed by atoms with Gasteiger partial charge < -0.3 is 4.90 Å². The zero-order chi connectivity index (χ0) is 42.7. The molecule has 2 heterocycles. The highest BCUT2D eigenvalue weighted by atomic mass is 16.1. The summed E-state index contributed by atoms with van der Waals surface area (Å²) < 4.78 is 4.21. The molecule has 0 amide bonds. The van der Waals surface area contributed by atoms with Crippen LogP contribution in [0.3, 0.4) is 0 Å². The lowest BCUT2D eigenvalue weighted by Gasteiger charge is -2.28. The van der Waals surface area contributed by atoms with E-state index in [1.165, 1.54) is 54.6 Å². The Balaban J connectivity index is 0.994. The SMILES string of the molecule is CC1(C)c2ccccc2-c2ccc(N(c3ccc(-c4ccc5c(c4)n4c6ccccc6c(=O)nc4n5-c4ccccc4)cc3)c3ccc4c5ccccc5c5ccccc5c4c3)cc21. The Bertz CT molecular complexity index is 3920. The smallest absolute Gasteiger partial charge is 0.282 e. The Labute approximate surface area is 369 Å². The van der Waals surface area contributed by atoms with E-state index in [0.29, 0.717) is 11.2 Å². The standard InChI is InChI=1S/C59H40N4O/c1-59(2)52-22-12-10-20-48(52)49-32-30-42(36-53(49)59)61(41-29-31-47-45-18-7-6-16-43(45)44-17-8-9-19-46(44)51(47)35-41)40-27-24-37(25-28-40)38-26-33-55-56(34-38)63-54-23-13-11-21-50(54)57(64)60-58(63)62(55)39-14-4-3-5-15-39/h3-36H,1-2H3. The van der Waals surface area contributed by atoms with Crippen LogP contribution in [0.2, 0.25) is 0 Å². The van der Waals surface area contributed by atoms with Gasteiger partial charge in [-0.05, 0) is 138 Å². The maximum atomic E-state index is 13.4. The molecular formula is C59H40N4O. The van der Waals surface area contributed by atoms with E-state index in [1.54, 1.807) is 0 Å². The summed E-state index contributed by atoms with van der Waals surface area (Å²) in [5.74, 6) is 0.588. The summed E-state index contributed by atoms with van der Waals surface area (Å²) in [6.45, 7) is 4.69. The molecule has 0 bridgehead atoms. The highest BCUT2D eigenvalue weighted by Crippen LogP contribution is 2.51. The molecule has 0 saturated carbocycles. The van der Waals surface area contributed by atoms with Crippen molar-refractivity contribution in [1.29, 1.82) is 0 Å². The fourth-order valence-electron chi connectivity index (χ4n) is 10.7. The molecule has 1 aliphatic carbocycles. The second kappa shape index (κ2) is 13.6. The van der Waals surface area contributed by atoms with E-state index < -0.39 is 0 Å². The minimum Gasteiger partial charge on any atom is -0.310 e. The van der Waals surface area contributed by atoms with E-state index in [9.17, 15) is 4.79 Å². The Kier molecular flexibility index (Phi) is 7.74. The molecule has 302 valence electrons. The van der Waals surface area contributed by atoms with Gasteiger partial charge in [-0.1, -0.05) is 147 Å². The van der Waals surface area contributed by atoms with Gasteiger partial charge in [0.25, 0.3) is 5.56 Å². The number of hydrogen-bond donors (Lipinski definition) is 0. The minimum absolute atomic E-state index is 0.146. The van der Waals surface area contributed by atoms with Gasteiger partial charge in [0.05, 0.1) is 21.9 Å². The van der Waals surface area contributed by atoms with E-state index in [1.807, 2.05) is 42.5 Å². The first kappa shape index (κ1) is 36.4. The lowest BCUT2D eigenvalue weighted by Crippen LogP contribution is -2.16. The lowest BCUT2D eigenvalue weighted by atomic mass is 9.82. The number of rotatable bonds is 5. The van der Waals surface area contributed by atoms with E-state index in [2.05, 4.69) is 196 Å². The van der Waals surface area contributed by atoms with Crippen LogP contribution in [0.15, 0.2) is 211 Å². The fraction of sp³-hybridized carbons (Fsp3) is 0.0508. The van der Waals surface area contributed by atoms with E-state index in [0.717, 1.165) is 50.4 Å². The maximum absolute atomic E-state index is 13.4. The predicted molar refractivity (Wildman–Crippen MR) is 266 cm³/mol. The van der Waals surface area contributed by atoms with Crippen molar-refractivity contribution in [3.8, 4) is 27.9 Å².